The van der Waals surface area contributed by atoms with E-state index in [1.54, 1.807) is 0 Å². The fourth-order valence-corrected chi connectivity index (χ4v) is 3.28. The van der Waals surface area contributed by atoms with Crippen LogP contribution in [-0.2, 0) is 0 Å². The molecule has 0 aromatic carbocycles. The first-order valence-corrected chi connectivity index (χ1v) is 6.94. The number of aromatic nitrogens is 1. The van der Waals surface area contributed by atoms with Gasteiger partial charge in [0.05, 0.1) is 0 Å². The largest absolute Gasteiger partial charge is 0.384 e. The molecule has 2 heterocycles. The molecular formula is C14H22N4. The standard InChI is InChI=1S/C14H22N4/c15-11-8-18(9-11)12-6-4-10(5-7-12)13-2-1-3-14(16)17-13/h1-3,10-12H,4-9,15H2,(H2,16,17). The van der Waals surface area contributed by atoms with Crippen LogP contribution < -0.4 is 11.5 Å². The van der Waals surface area contributed by atoms with E-state index in [4.69, 9.17) is 11.5 Å². The Balaban J connectivity index is 1.57. The highest BCUT2D eigenvalue weighted by atomic mass is 15.2. The minimum atomic E-state index is 0.415. The molecule has 4 N–H and O–H groups in total. The van der Waals surface area contributed by atoms with Crippen LogP contribution in [0, 0.1) is 0 Å². The third-order valence-corrected chi connectivity index (χ3v) is 4.36. The maximum atomic E-state index is 5.84. The zero-order valence-corrected chi connectivity index (χ0v) is 10.8. The van der Waals surface area contributed by atoms with Crippen LogP contribution in [0.3, 0.4) is 0 Å². The maximum Gasteiger partial charge on any atom is 0.123 e. The fourth-order valence-electron chi connectivity index (χ4n) is 3.28. The van der Waals surface area contributed by atoms with E-state index < -0.39 is 0 Å². The van der Waals surface area contributed by atoms with E-state index in [9.17, 15) is 0 Å². The number of hydrogen-bond acceptors (Lipinski definition) is 4. The quantitative estimate of drug-likeness (QED) is 0.826. The second-order valence-electron chi connectivity index (χ2n) is 5.71. The third-order valence-electron chi connectivity index (χ3n) is 4.36. The van der Waals surface area contributed by atoms with E-state index in [1.165, 1.54) is 31.4 Å². The molecule has 1 aliphatic carbocycles. The lowest BCUT2D eigenvalue weighted by atomic mass is 9.82. The van der Waals surface area contributed by atoms with Crippen molar-refractivity contribution in [2.45, 2.75) is 43.7 Å². The molecular weight excluding hydrogens is 224 g/mol. The normalized spacial score (nSPS) is 30.1. The summed E-state index contributed by atoms with van der Waals surface area (Å²) >= 11 is 0. The zero-order valence-electron chi connectivity index (χ0n) is 10.8. The minimum Gasteiger partial charge on any atom is -0.384 e. The van der Waals surface area contributed by atoms with Gasteiger partial charge in [0.15, 0.2) is 0 Å². The highest BCUT2D eigenvalue weighted by Gasteiger charge is 2.33. The molecule has 3 rings (SSSR count). The molecule has 0 spiro atoms. The van der Waals surface area contributed by atoms with Crippen molar-refractivity contribution in [3.8, 4) is 0 Å². The van der Waals surface area contributed by atoms with Crippen molar-refractivity contribution in [3.05, 3.63) is 23.9 Å². The number of likely N-dealkylation sites (tertiary alicyclic amines) is 1. The molecule has 0 unspecified atom stereocenters. The summed E-state index contributed by atoms with van der Waals surface area (Å²) in [5.41, 5.74) is 12.8. The van der Waals surface area contributed by atoms with Crippen molar-refractivity contribution < 1.29 is 0 Å². The molecule has 1 aliphatic heterocycles. The average Bonchev–Trinajstić information content (AvgIpc) is 2.35. The van der Waals surface area contributed by atoms with Gasteiger partial charge in [-0.1, -0.05) is 6.07 Å². The first-order valence-electron chi connectivity index (χ1n) is 6.94. The van der Waals surface area contributed by atoms with Gasteiger partial charge in [0.2, 0.25) is 0 Å². The molecule has 0 atom stereocenters. The summed E-state index contributed by atoms with van der Waals surface area (Å²) in [6, 6.07) is 7.15. The number of anilines is 1. The van der Waals surface area contributed by atoms with Crippen LogP contribution in [0.25, 0.3) is 0 Å². The Morgan fingerprint density at radius 2 is 1.83 bits per heavy atom. The van der Waals surface area contributed by atoms with Crippen LogP contribution in [0.4, 0.5) is 5.82 Å². The van der Waals surface area contributed by atoms with Crippen LogP contribution in [0.5, 0.6) is 0 Å². The predicted molar refractivity (Wildman–Crippen MR) is 73.2 cm³/mol. The SMILES string of the molecule is Nc1cccc(C2CCC(N3CC(N)C3)CC2)n1. The summed E-state index contributed by atoms with van der Waals surface area (Å²) in [5, 5.41) is 0. The monoisotopic (exact) mass is 246 g/mol. The molecule has 98 valence electrons. The molecule has 1 saturated heterocycles. The van der Waals surface area contributed by atoms with Crippen LogP contribution in [0.1, 0.15) is 37.3 Å². The lowest BCUT2D eigenvalue weighted by Crippen LogP contribution is -2.59. The van der Waals surface area contributed by atoms with Crippen molar-refractivity contribution in [3.63, 3.8) is 0 Å². The van der Waals surface area contributed by atoms with Gasteiger partial charge in [-0.25, -0.2) is 4.98 Å². The van der Waals surface area contributed by atoms with Gasteiger partial charge >= 0.3 is 0 Å². The van der Waals surface area contributed by atoms with Gasteiger partial charge in [0.25, 0.3) is 0 Å². The Labute approximate surface area is 108 Å². The fraction of sp³-hybridized carbons (Fsp3) is 0.643. The third kappa shape index (κ3) is 2.35. The molecule has 2 fully saturated rings. The van der Waals surface area contributed by atoms with Gasteiger partial charge in [-0.3, -0.25) is 4.90 Å². The number of hydrogen-bond donors (Lipinski definition) is 2. The Morgan fingerprint density at radius 3 is 2.44 bits per heavy atom. The van der Waals surface area contributed by atoms with Gasteiger partial charge in [0, 0.05) is 36.8 Å². The number of rotatable bonds is 2. The van der Waals surface area contributed by atoms with Crippen LogP contribution in [-0.4, -0.2) is 35.1 Å². The second kappa shape index (κ2) is 4.86. The Kier molecular flexibility index (Phi) is 3.22. The summed E-state index contributed by atoms with van der Waals surface area (Å²) in [4.78, 5) is 6.99. The molecule has 4 nitrogen and oxygen atoms in total. The number of pyridine rings is 1. The first kappa shape index (κ1) is 11.9. The zero-order chi connectivity index (χ0) is 12.5. The highest BCUT2D eigenvalue weighted by molar-refractivity contribution is 5.30. The Hall–Kier alpha value is -1.13. The van der Waals surface area contributed by atoms with Gasteiger partial charge in [-0.2, -0.15) is 0 Å². The second-order valence-corrected chi connectivity index (χ2v) is 5.71. The summed E-state index contributed by atoms with van der Waals surface area (Å²) in [7, 11) is 0. The first-order chi connectivity index (χ1) is 8.72. The smallest absolute Gasteiger partial charge is 0.123 e. The lowest BCUT2D eigenvalue weighted by Gasteiger charge is -2.45. The van der Waals surface area contributed by atoms with E-state index in [0.29, 0.717) is 17.8 Å². The van der Waals surface area contributed by atoms with Crippen molar-refractivity contribution in [2.24, 2.45) is 5.73 Å². The summed E-state index contributed by atoms with van der Waals surface area (Å²) in [6.45, 7) is 2.18. The van der Waals surface area contributed by atoms with Crippen molar-refractivity contribution in [1.29, 1.82) is 0 Å². The van der Waals surface area contributed by atoms with Crippen LogP contribution in [0.2, 0.25) is 0 Å². The molecule has 1 saturated carbocycles. The number of nitrogen functional groups attached to an aromatic ring is 1. The van der Waals surface area contributed by atoms with E-state index in [2.05, 4.69) is 16.0 Å². The summed E-state index contributed by atoms with van der Waals surface area (Å²) in [6.07, 6.45) is 5.00. The van der Waals surface area contributed by atoms with Crippen molar-refractivity contribution >= 4 is 5.82 Å². The summed E-state index contributed by atoms with van der Waals surface area (Å²) < 4.78 is 0. The molecule has 1 aromatic rings. The number of nitrogens with zero attached hydrogens (tertiary/aromatic N) is 2. The molecule has 0 bridgehead atoms. The van der Waals surface area contributed by atoms with Crippen molar-refractivity contribution in [2.75, 3.05) is 18.8 Å². The van der Waals surface area contributed by atoms with E-state index >= 15 is 0 Å². The molecule has 18 heavy (non-hydrogen) atoms. The van der Waals surface area contributed by atoms with Gasteiger partial charge in [-0.15, -0.1) is 0 Å². The lowest BCUT2D eigenvalue weighted by molar-refractivity contribution is 0.0677. The topological polar surface area (TPSA) is 68.2 Å². The number of nitrogens with two attached hydrogens (primary N) is 2. The highest BCUT2D eigenvalue weighted by Crippen LogP contribution is 2.35. The van der Waals surface area contributed by atoms with Gasteiger partial charge in [0.1, 0.15) is 5.82 Å². The molecule has 0 radical (unpaired) electrons. The van der Waals surface area contributed by atoms with Crippen LogP contribution in [0.15, 0.2) is 18.2 Å². The minimum absolute atomic E-state index is 0.415. The Morgan fingerprint density at radius 1 is 1.11 bits per heavy atom. The van der Waals surface area contributed by atoms with E-state index in [0.717, 1.165) is 19.1 Å². The van der Waals surface area contributed by atoms with Gasteiger partial charge in [-0.05, 0) is 37.8 Å². The van der Waals surface area contributed by atoms with Gasteiger partial charge < -0.3 is 11.5 Å². The Bertz CT molecular complexity index is 406. The average molecular weight is 246 g/mol. The molecule has 1 aromatic heterocycles. The van der Waals surface area contributed by atoms with E-state index in [-0.39, 0.29) is 0 Å². The summed E-state index contributed by atoms with van der Waals surface area (Å²) in [5.74, 6) is 1.24. The molecule has 2 aliphatic rings. The van der Waals surface area contributed by atoms with Crippen LogP contribution >= 0.6 is 0 Å². The van der Waals surface area contributed by atoms with E-state index in [1.807, 2.05) is 12.1 Å². The molecule has 0 amide bonds. The predicted octanol–water partition coefficient (Wildman–Crippen LogP) is 1.33. The molecule has 4 heteroatoms. The maximum absolute atomic E-state index is 5.84. The van der Waals surface area contributed by atoms with Crippen molar-refractivity contribution in [1.82, 2.24) is 9.88 Å².